The molecule has 9 nitrogen and oxygen atoms in total. The summed E-state index contributed by atoms with van der Waals surface area (Å²) in [6.45, 7) is 4.03. The van der Waals surface area contributed by atoms with Crippen LogP contribution in [0.1, 0.15) is 18.1 Å². The number of nitrogens with one attached hydrogen (secondary N) is 1. The van der Waals surface area contributed by atoms with E-state index in [0.29, 0.717) is 51.6 Å². The molecule has 0 unspecified atom stereocenters. The number of aromatic nitrogens is 2. The molecular weight excluding hydrogens is 544 g/mol. The van der Waals surface area contributed by atoms with Crippen molar-refractivity contribution in [2.75, 3.05) is 18.5 Å². The highest BCUT2D eigenvalue weighted by Crippen LogP contribution is 2.29. The van der Waals surface area contributed by atoms with Gasteiger partial charge in [0.25, 0.3) is 11.5 Å². The number of fused-ring (bicyclic) bond motifs is 2. The highest BCUT2D eigenvalue weighted by atomic mass is 16.5. The molecule has 0 spiro atoms. The second-order valence-electron chi connectivity index (χ2n) is 9.80. The van der Waals surface area contributed by atoms with Crippen molar-refractivity contribution >= 4 is 39.7 Å². The third-order valence-electron chi connectivity index (χ3n) is 6.68. The molecule has 0 aliphatic rings. The normalized spacial score (nSPS) is 11.3. The summed E-state index contributed by atoms with van der Waals surface area (Å²) in [4.78, 5) is 30.7. The number of carbonyl (C=O) groups is 1. The molecule has 0 radical (unpaired) electrons. The Morgan fingerprint density at radius 3 is 2.56 bits per heavy atom. The van der Waals surface area contributed by atoms with Crippen LogP contribution >= 0.6 is 0 Å². The average Bonchev–Trinajstić information content (AvgIpc) is 3.46. The highest BCUT2D eigenvalue weighted by molar-refractivity contribution is 5.92. The number of carbonyl (C=O) groups excluding carboxylic acids is 1. The molecule has 0 bridgehead atoms. The molecule has 9 heteroatoms. The lowest BCUT2D eigenvalue weighted by molar-refractivity contribution is -0.118. The fourth-order valence-corrected chi connectivity index (χ4v) is 4.58. The van der Waals surface area contributed by atoms with Crippen LogP contribution in [0.2, 0.25) is 0 Å². The first-order chi connectivity index (χ1) is 21.0. The number of nitrogens with zero attached hydrogens (tertiary/aromatic N) is 3. The number of amides is 1. The first-order valence-electron chi connectivity index (χ1n) is 13.8. The molecule has 0 atom stereocenters. The lowest BCUT2D eigenvalue weighted by Crippen LogP contribution is -2.20. The lowest BCUT2D eigenvalue weighted by atomic mass is 10.2. The zero-order valence-electron chi connectivity index (χ0n) is 23.6. The maximum Gasteiger partial charge on any atom is 0.282 e. The van der Waals surface area contributed by atoms with Gasteiger partial charge in [-0.15, -0.1) is 0 Å². The Bertz CT molecular complexity index is 1990. The largest absolute Gasteiger partial charge is 0.490 e. The summed E-state index contributed by atoms with van der Waals surface area (Å²) in [7, 11) is 0. The number of anilines is 1. The summed E-state index contributed by atoms with van der Waals surface area (Å²) < 4.78 is 18.8. The molecule has 4 aromatic carbocycles. The van der Waals surface area contributed by atoms with Gasteiger partial charge in [-0.1, -0.05) is 48.0 Å². The van der Waals surface area contributed by atoms with Crippen molar-refractivity contribution in [2.24, 2.45) is 5.10 Å². The Morgan fingerprint density at radius 2 is 1.74 bits per heavy atom. The van der Waals surface area contributed by atoms with Crippen LogP contribution in [-0.4, -0.2) is 35.0 Å². The van der Waals surface area contributed by atoms with Crippen molar-refractivity contribution in [1.29, 1.82) is 0 Å². The summed E-state index contributed by atoms with van der Waals surface area (Å²) in [5.41, 5.74) is 3.33. The van der Waals surface area contributed by atoms with E-state index in [-0.39, 0.29) is 23.9 Å². The summed E-state index contributed by atoms with van der Waals surface area (Å²) in [6, 6.07) is 29.3. The van der Waals surface area contributed by atoms with Crippen LogP contribution in [0, 0.1) is 6.92 Å². The maximum absolute atomic E-state index is 13.6. The van der Waals surface area contributed by atoms with E-state index in [1.807, 2.05) is 74.5 Å². The predicted octanol–water partition coefficient (Wildman–Crippen LogP) is 6.42. The minimum atomic E-state index is -0.332. The second kappa shape index (κ2) is 12.0. The van der Waals surface area contributed by atoms with Gasteiger partial charge in [-0.25, -0.2) is 4.98 Å². The van der Waals surface area contributed by atoms with Crippen LogP contribution in [0.4, 0.5) is 5.69 Å². The maximum atomic E-state index is 13.6. The van der Waals surface area contributed by atoms with Crippen molar-refractivity contribution in [1.82, 2.24) is 9.66 Å². The molecular formula is C34H28N4O5. The van der Waals surface area contributed by atoms with Crippen LogP contribution in [0.15, 0.2) is 111 Å². The number of hydrogen-bond acceptors (Lipinski definition) is 7. The molecule has 6 rings (SSSR count). The van der Waals surface area contributed by atoms with E-state index in [2.05, 4.69) is 10.4 Å². The van der Waals surface area contributed by atoms with Gasteiger partial charge in [-0.2, -0.15) is 9.78 Å². The van der Waals surface area contributed by atoms with Gasteiger partial charge in [0, 0.05) is 11.1 Å². The molecule has 43 heavy (non-hydrogen) atoms. The van der Waals surface area contributed by atoms with E-state index in [4.69, 9.17) is 18.9 Å². The standard InChI is InChI=1S/C34H28N4O5/c1-3-41-30-18-23(14-17-29(30)42-21-32(39)36-25-15-12-22(2)13-16-25)20-35-38-33(31-19-24-8-4-7-11-28(24)43-31)37-27-10-6-5-9-26(27)34(38)40/h4-20H,3,21H2,1-2H3,(H,36,39). The van der Waals surface area contributed by atoms with E-state index < -0.39 is 0 Å². The monoisotopic (exact) mass is 572 g/mol. The summed E-state index contributed by atoms with van der Waals surface area (Å²) in [5, 5.41) is 8.66. The van der Waals surface area contributed by atoms with E-state index in [9.17, 15) is 9.59 Å². The van der Waals surface area contributed by atoms with Crippen molar-refractivity contribution in [3.05, 3.63) is 119 Å². The SMILES string of the molecule is CCOc1cc(C=Nn2c(-c3cc4ccccc4o3)nc3ccccc3c2=O)ccc1OCC(=O)Nc1ccc(C)cc1. The van der Waals surface area contributed by atoms with Crippen LogP contribution in [-0.2, 0) is 4.79 Å². The van der Waals surface area contributed by atoms with Crippen LogP contribution in [0.3, 0.4) is 0 Å². The van der Waals surface area contributed by atoms with Gasteiger partial charge in [-0.05, 0) is 74.0 Å². The fraction of sp³-hybridized carbons (Fsp3) is 0.118. The molecule has 2 aromatic heterocycles. The molecule has 0 saturated carbocycles. The quantitative estimate of drug-likeness (QED) is 0.201. The van der Waals surface area contributed by atoms with E-state index in [1.54, 1.807) is 42.6 Å². The Kier molecular flexibility index (Phi) is 7.69. The zero-order valence-corrected chi connectivity index (χ0v) is 23.6. The van der Waals surface area contributed by atoms with Gasteiger partial charge in [0.15, 0.2) is 23.9 Å². The Labute approximate surface area is 247 Å². The lowest BCUT2D eigenvalue weighted by Gasteiger charge is -2.13. The molecule has 0 fully saturated rings. The Morgan fingerprint density at radius 1 is 0.953 bits per heavy atom. The number of furan rings is 1. The van der Waals surface area contributed by atoms with E-state index in [0.717, 1.165) is 10.9 Å². The fourth-order valence-electron chi connectivity index (χ4n) is 4.58. The van der Waals surface area contributed by atoms with E-state index >= 15 is 0 Å². The minimum absolute atomic E-state index is 0.194. The molecule has 6 aromatic rings. The third kappa shape index (κ3) is 6.01. The number of rotatable bonds is 9. The molecule has 0 aliphatic carbocycles. The first kappa shape index (κ1) is 27.5. The predicted molar refractivity (Wildman–Crippen MR) is 167 cm³/mol. The topological polar surface area (TPSA) is 108 Å². The first-order valence-corrected chi connectivity index (χ1v) is 13.8. The molecule has 2 heterocycles. The number of para-hydroxylation sites is 2. The number of hydrogen-bond donors (Lipinski definition) is 1. The average molecular weight is 573 g/mol. The molecule has 0 saturated heterocycles. The van der Waals surface area contributed by atoms with Crippen molar-refractivity contribution in [2.45, 2.75) is 13.8 Å². The molecule has 1 N–H and O–H groups in total. The summed E-state index contributed by atoms with van der Waals surface area (Å²) in [5.74, 6) is 1.25. The van der Waals surface area contributed by atoms with Crippen LogP contribution < -0.4 is 20.3 Å². The minimum Gasteiger partial charge on any atom is -0.490 e. The van der Waals surface area contributed by atoms with Gasteiger partial charge in [0.05, 0.1) is 23.7 Å². The Hall–Kier alpha value is -5.70. The van der Waals surface area contributed by atoms with Crippen LogP contribution in [0.5, 0.6) is 11.5 Å². The summed E-state index contributed by atoms with van der Waals surface area (Å²) >= 11 is 0. The highest BCUT2D eigenvalue weighted by Gasteiger charge is 2.16. The van der Waals surface area contributed by atoms with Gasteiger partial charge in [0.1, 0.15) is 5.58 Å². The Balaban J connectivity index is 1.29. The van der Waals surface area contributed by atoms with Gasteiger partial charge in [-0.3, -0.25) is 9.59 Å². The number of benzene rings is 4. The number of ether oxygens (including phenoxy) is 2. The van der Waals surface area contributed by atoms with Crippen molar-refractivity contribution < 1.29 is 18.7 Å². The molecule has 214 valence electrons. The zero-order chi connectivity index (χ0) is 29.8. The smallest absolute Gasteiger partial charge is 0.282 e. The molecule has 1 amide bonds. The second-order valence-corrected chi connectivity index (χ2v) is 9.80. The summed E-state index contributed by atoms with van der Waals surface area (Å²) in [6.07, 6.45) is 1.54. The van der Waals surface area contributed by atoms with Crippen LogP contribution in [0.25, 0.3) is 33.5 Å². The van der Waals surface area contributed by atoms with E-state index in [1.165, 1.54) is 4.68 Å². The van der Waals surface area contributed by atoms with Gasteiger partial charge < -0.3 is 19.2 Å². The van der Waals surface area contributed by atoms with Crippen molar-refractivity contribution in [3.63, 3.8) is 0 Å². The van der Waals surface area contributed by atoms with Gasteiger partial charge in [0.2, 0.25) is 5.82 Å². The third-order valence-corrected chi connectivity index (χ3v) is 6.68. The van der Waals surface area contributed by atoms with Crippen molar-refractivity contribution in [3.8, 4) is 23.1 Å². The number of aryl methyl sites for hydroxylation is 1. The molecule has 0 aliphatic heterocycles. The van der Waals surface area contributed by atoms with Gasteiger partial charge >= 0.3 is 0 Å².